The van der Waals surface area contributed by atoms with E-state index in [-0.39, 0.29) is 0 Å². The van der Waals surface area contributed by atoms with Crippen LogP contribution in [0.5, 0.6) is 11.5 Å². The highest BCUT2D eigenvalue weighted by Crippen LogP contribution is 2.42. The van der Waals surface area contributed by atoms with Crippen LogP contribution in [0.25, 0.3) is 10.9 Å². The summed E-state index contributed by atoms with van der Waals surface area (Å²) in [5, 5.41) is 1.25. The zero-order chi connectivity index (χ0) is 16.9. The maximum Gasteiger partial charge on any atom is 0.180 e. The van der Waals surface area contributed by atoms with E-state index in [4.69, 9.17) is 37.4 Å². The first kappa shape index (κ1) is 17.5. The molecule has 0 N–H and O–H groups in total. The van der Waals surface area contributed by atoms with Crippen LogP contribution in [0.2, 0.25) is 10.2 Å². The van der Waals surface area contributed by atoms with Crippen LogP contribution >= 0.6 is 23.2 Å². The molecule has 1 aromatic heterocycles. The Hall–Kier alpha value is -1.34. The summed E-state index contributed by atoms with van der Waals surface area (Å²) in [4.78, 5) is 10.5. The van der Waals surface area contributed by atoms with Gasteiger partial charge in [0.1, 0.15) is 11.5 Å². The maximum absolute atomic E-state index is 6.46. The summed E-state index contributed by atoms with van der Waals surface area (Å²) in [5.41, 5.74) is 0.623. The lowest BCUT2D eigenvalue weighted by Crippen LogP contribution is -2.37. The number of hydrogen-bond donors (Lipinski definition) is 0. The zero-order valence-corrected chi connectivity index (χ0v) is 14.9. The van der Waals surface area contributed by atoms with Crippen LogP contribution in [0, 0.1) is 0 Å². The lowest BCUT2D eigenvalue weighted by Gasteiger charge is -2.26. The van der Waals surface area contributed by atoms with Crippen LogP contribution < -0.4 is 9.47 Å². The molecule has 1 aromatic carbocycles. The third kappa shape index (κ3) is 3.83. The molecule has 1 aliphatic rings. The normalized spacial score (nSPS) is 15.6. The van der Waals surface area contributed by atoms with Gasteiger partial charge in [0.15, 0.2) is 11.5 Å². The SMILES string of the molecule is COc1cc2ncnc(Cl)c2c(Cl)c1OCCCN1CCOCC1. The molecule has 1 aliphatic heterocycles. The van der Waals surface area contributed by atoms with Gasteiger partial charge in [0.2, 0.25) is 0 Å². The largest absolute Gasteiger partial charge is 0.493 e. The molecular weight excluding hydrogens is 353 g/mol. The first-order valence-corrected chi connectivity index (χ1v) is 8.56. The van der Waals surface area contributed by atoms with E-state index in [1.54, 1.807) is 13.2 Å². The van der Waals surface area contributed by atoms with Gasteiger partial charge in [0.05, 0.1) is 42.9 Å². The van der Waals surface area contributed by atoms with E-state index in [1.165, 1.54) is 6.33 Å². The van der Waals surface area contributed by atoms with Crippen LogP contribution in [-0.2, 0) is 4.74 Å². The number of rotatable bonds is 6. The molecule has 6 nitrogen and oxygen atoms in total. The first-order chi connectivity index (χ1) is 11.7. The first-order valence-electron chi connectivity index (χ1n) is 7.80. The minimum absolute atomic E-state index is 0.297. The number of fused-ring (bicyclic) bond motifs is 1. The molecule has 0 amide bonds. The average Bonchev–Trinajstić information content (AvgIpc) is 2.60. The Kier molecular flexibility index (Phi) is 5.94. The van der Waals surface area contributed by atoms with Gasteiger partial charge < -0.3 is 14.2 Å². The molecule has 0 radical (unpaired) electrons. The predicted octanol–water partition coefficient (Wildman–Crippen LogP) is 3.05. The van der Waals surface area contributed by atoms with Crippen molar-refractivity contribution in [2.24, 2.45) is 0 Å². The smallest absolute Gasteiger partial charge is 0.180 e. The van der Waals surface area contributed by atoms with Gasteiger partial charge in [0.25, 0.3) is 0 Å². The molecule has 2 aromatic rings. The Balaban J connectivity index is 1.71. The van der Waals surface area contributed by atoms with E-state index in [1.807, 2.05) is 0 Å². The van der Waals surface area contributed by atoms with Gasteiger partial charge in [-0.05, 0) is 6.42 Å². The molecule has 130 valence electrons. The molecule has 0 saturated carbocycles. The molecule has 0 unspecified atom stereocenters. The quantitative estimate of drug-likeness (QED) is 0.574. The fraction of sp³-hybridized carbons (Fsp3) is 0.500. The summed E-state index contributed by atoms with van der Waals surface area (Å²) < 4.78 is 16.6. The minimum Gasteiger partial charge on any atom is -0.493 e. The van der Waals surface area contributed by atoms with E-state index < -0.39 is 0 Å². The number of halogens is 2. The van der Waals surface area contributed by atoms with Crippen molar-refractivity contribution in [3.8, 4) is 11.5 Å². The number of nitrogens with zero attached hydrogens (tertiary/aromatic N) is 3. The lowest BCUT2D eigenvalue weighted by atomic mass is 10.2. The molecule has 1 saturated heterocycles. The van der Waals surface area contributed by atoms with Crippen LogP contribution in [0.4, 0.5) is 0 Å². The van der Waals surface area contributed by atoms with Crippen LogP contribution in [0.15, 0.2) is 12.4 Å². The number of ether oxygens (including phenoxy) is 3. The van der Waals surface area contributed by atoms with E-state index >= 15 is 0 Å². The summed E-state index contributed by atoms with van der Waals surface area (Å²) in [6.45, 7) is 5.01. The molecule has 8 heteroatoms. The van der Waals surface area contributed by atoms with Crippen molar-refractivity contribution in [1.82, 2.24) is 14.9 Å². The Labute approximate surface area is 150 Å². The topological polar surface area (TPSA) is 56.7 Å². The number of morpholine rings is 1. The van der Waals surface area contributed by atoms with Gasteiger partial charge >= 0.3 is 0 Å². The van der Waals surface area contributed by atoms with Crippen LogP contribution in [0.3, 0.4) is 0 Å². The molecular formula is C16H19Cl2N3O3. The van der Waals surface area contributed by atoms with Gasteiger partial charge in [-0.1, -0.05) is 23.2 Å². The summed E-state index contributed by atoms with van der Waals surface area (Å²) in [6, 6.07) is 1.76. The third-order valence-corrected chi connectivity index (χ3v) is 4.58. The van der Waals surface area contributed by atoms with Crippen LogP contribution in [0.1, 0.15) is 6.42 Å². The van der Waals surface area contributed by atoms with Crippen molar-refractivity contribution in [3.63, 3.8) is 0 Å². The number of benzene rings is 1. The average molecular weight is 372 g/mol. The van der Waals surface area contributed by atoms with E-state index in [9.17, 15) is 0 Å². The Morgan fingerprint density at radius 1 is 1.25 bits per heavy atom. The van der Waals surface area contributed by atoms with Crippen molar-refractivity contribution in [2.75, 3.05) is 46.6 Å². The van der Waals surface area contributed by atoms with Gasteiger partial charge in [-0.15, -0.1) is 0 Å². The Morgan fingerprint density at radius 2 is 2.04 bits per heavy atom. The second kappa shape index (κ2) is 8.16. The fourth-order valence-electron chi connectivity index (χ4n) is 2.67. The van der Waals surface area contributed by atoms with E-state index in [0.29, 0.717) is 39.2 Å². The van der Waals surface area contributed by atoms with Crippen molar-refractivity contribution < 1.29 is 14.2 Å². The molecule has 2 heterocycles. The predicted molar refractivity (Wildman–Crippen MR) is 93.5 cm³/mol. The molecule has 1 fully saturated rings. The van der Waals surface area contributed by atoms with Crippen molar-refractivity contribution >= 4 is 34.1 Å². The minimum atomic E-state index is 0.297. The number of methoxy groups -OCH3 is 1. The number of hydrogen-bond acceptors (Lipinski definition) is 6. The zero-order valence-electron chi connectivity index (χ0n) is 13.4. The summed E-state index contributed by atoms with van der Waals surface area (Å²) >= 11 is 12.6. The molecule has 0 bridgehead atoms. The van der Waals surface area contributed by atoms with Gasteiger partial charge in [-0.2, -0.15) is 0 Å². The van der Waals surface area contributed by atoms with Gasteiger partial charge in [-0.25, -0.2) is 9.97 Å². The van der Waals surface area contributed by atoms with Crippen molar-refractivity contribution in [2.45, 2.75) is 6.42 Å². The van der Waals surface area contributed by atoms with Crippen LogP contribution in [-0.4, -0.2) is 61.4 Å². The Morgan fingerprint density at radius 3 is 2.79 bits per heavy atom. The summed E-state index contributed by atoms with van der Waals surface area (Å²) in [7, 11) is 1.57. The monoisotopic (exact) mass is 371 g/mol. The summed E-state index contributed by atoms with van der Waals surface area (Å²) in [5.74, 6) is 1.01. The molecule has 0 atom stereocenters. The highest BCUT2D eigenvalue weighted by Gasteiger charge is 2.18. The van der Waals surface area contributed by atoms with E-state index in [2.05, 4.69) is 14.9 Å². The molecule has 3 rings (SSSR count). The second-order valence-electron chi connectivity index (χ2n) is 5.44. The summed E-state index contributed by atoms with van der Waals surface area (Å²) in [6.07, 6.45) is 2.28. The van der Waals surface area contributed by atoms with Crippen molar-refractivity contribution in [3.05, 3.63) is 22.6 Å². The third-order valence-electron chi connectivity index (χ3n) is 3.93. The lowest BCUT2D eigenvalue weighted by molar-refractivity contribution is 0.0357. The molecule has 0 aliphatic carbocycles. The highest BCUT2D eigenvalue weighted by molar-refractivity contribution is 6.42. The maximum atomic E-state index is 6.46. The molecule has 0 spiro atoms. The van der Waals surface area contributed by atoms with E-state index in [0.717, 1.165) is 39.3 Å². The van der Waals surface area contributed by atoms with Gasteiger partial charge in [0, 0.05) is 25.7 Å². The number of aromatic nitrogens is 2. The van der Waals surface area contributed by atoms with Crippen molar-refractivity contribution in [1.29, 1.82) is 0 Å². The molecule has 24 heavy (non-hydrogen) atoms. The highest BCUT2D eigenvalue weighted by atomic mass is 35.5. The van der Waals surface area contributed by atoms with Gasteiger partial charge in [-0.3, -0.25) is 4.90 Å². The fourth-order valence-corrected chi connectivity index (χ4v) is 3.29. The second-order valence-corrected chi connectivity index (χ2v) is 6.17. The standard InChI is InChI=1S/C16H19Cl2N3O3/c1-22-12-9-11-13(16(18)20-10-19-11)14(17)15(12)24-6-2-3-21-4-7-23-8-5-21/h9-10H,2-8H2,1H3. The Bertz CT molecular complexity index is 709.